The Hall–Kier alpha value is -0.440. The second-order valence-corrected chi connectivity index (χ2v) is 1.33. The maximum absolute atomic E-state index is 8.04. The van der Waals surface area contributed by atoms with Crippen molar-refractivity contribution in [2.45, 2.75) is 6.92 Å². The predicted octanol–water partition coefficient (Wildman–Crippen LogP) is 1.05. The van der Waals surface area contributed by atoms with Gasteiger partial charge in [-0.2, -0.15) is 0 Å². The van der Waals surface area contributed by atoms with E-state index >= 15 is 0 Å². The van der Waals surface area contributed by atoms with Gasteiger partial charge in [0.2, 0.25) is 5.90 Å². The zero-order chi connectivity index (χ0) is 6.41. The van der Waals surface area contributed by atoms with Crippen LogP contribution in [0.2, 0.25) is 0 Å². The second-order valence-electron chi connectivity index (χ2n) is 1.06. The third kappa shape index (κ3) is 2.69. The van der Waals surface area contributed by atoms with Gasteiger partial charge in [0.05, 0.1) is 6.61 Å². The Morgan fingerprint density at radius 1 is 1.88 bits per heavy atom. The highest BCUT2D eigenvalue weighted by Gasteiger charge is 1.93. The van der Waals surface area contributed by atoms with Crippen LogP contribution in [0, 0.1) is 0 Å². The molecular formula is C4H8ClNO2. The highest BCUT2D eigenvalue weighted by atomic mass is 35.5. The molecule has 0 bridgehead atoms. The van der Waals surface area contributed by atoms with E-state index in [2.05, 4.69) is 5.16 Å². The average molecular weight is 138 g/mol. The molecule has 0 aromatic rings. The first-order chi connectivity index (χ1) is 3.85. The summed E-state index contributed by atoms with van der Waals surface area (Å²) in [5, 5.41) is 10.8. The largest absolute Gasteiger partial charge is 0.478 e. The molecule has 0 fully saturated rings. The normalized spacial score (nSPS) is 11.5. The second kappa shape index (κ2) is 4.71. The number of hydrogen-bond acceptors (Lipinski definition) is 3. The van der Waals surface area contributed by atoms with Crippen LogP contribution in [0.4, 0.5) is 0 Å². The molecule has 0 aromatic carbocycles. The van der Waals surface area contributed by atoms with E-state index < -0.39 is 0 Å². The van der Waals surface area contributed by atoms with E-state index in [0.717, 1.165) is 0 Å². The van der Waals surface area contributed by atoms with Crippen LogP contribution >= 0.6 is 11.6 Å². The van der Waals surface area contributed by atoms with Gasteiger partial charge < -0.3 is 9.94 Å². The van der Waals surface area contributed by atoms with Gasteiger partial charge in [-0.15, -0.1) is 11.6 Å². The highest BCUT2D eigenvalue weighted by molar-refractivity contribution is 6.27. The van der Waals surface area contributed by atoms with E-state index in [4.69, 9.17) is 21.5 Å². The van der Waals surface area contributed by atoms with Gasteiger partial charge in [0, 0.05) is 0 Å². The van der Waals surface area contributed by atoms with Crippen molar-refractivity contribution in [3.05, 3.63) is 0 Å². The first kappa shape index (κ1) is 7.56. The van der Waals surface area contributed by atoms with Gasteiger partial charge in [0.25, 0.3) is 0 Å². The summed E-state index contributed by atoms with van der Waals surface area (Å²) >= 11 is 5.23. The number of hydrogen-bond donors (Lipinski definition) is 1. The Kier molecular flexibility index (Phi) is 4.45. The van der Waals surface area contributed by atoms with Crippen molar-refractivity contribution in [3.8, 4) is 0 Å². The van der Waals surface area contributed by atoms with Gasteiger partial charge in [-0.05, 0) is 6.92 Å². The molecule has 0 amide bonds. The van der Waals surface area contributed by atoms with Crippen molar-refractivity contribution >= 4 is 17.5 Å². The van der Waals surface area contributed by atoms with Crippen LogP contribution < -0.4 is 0 Å². The van der Waals surface area contributed by atoms with Gasteiger partial charge in [-0.1, -0.05) is 5.16 Å². The zero-order valence-corrected chi connectivity index (χ0v) is 5.35. The summed E-state index contributed by atoms with van der Waals surface area (Å²) in [6.45, 7) is 2.27. The van der Waals surface area contributed by atoms with Gasteiger partial charge in [-0.3, -0.25) is 0 Å². The quantitative estimate of drug-likeness (QED) is 0.203. The van der Waals surface area contributed by atoms with Crippen LogP contribution in [0.15, 0.2) is 5.16 Å². The lowest BCUT2D eigenvalue weighted by atomic mass is 10.7. The molecule has 0 aromatic heterocycles. The molecule has 0 saturated carbocycles. The molecule has 1 N–H and O–H groups in total. The Morgan fingerprint density at radius 2 is 2.50 bits per heavy atom. The highest BCUT2D eigenvalue weighted by Crippen LogP contribution is 1.84. The molecule has 4 heteroatoms. The number of halogens is 1. The topological polar surface area (TPSA) is 41.8 Å². The summed E-state index contributed by atoms with van der Waals surface area (Å²) in [6, 6.07) is 0. The van der Waals surface area contributed by atoms with Crippen molar-refractivity contribution in [3.63, 3.8) is 0 Å². The number of alkyl halides is 1. The first-order valence-electron chi connectivity index (χ1n) is 2.24. The SMILES string of the molecule is CCOC(CCl)=NO. The molecule has 0 aliphatic heterocycles. The maximum atomic E-state index is 8.04. The fourth-order valence-corrected chi connectivity index (χ4v) is 0.391. The molecule has 0 rings (SSSR count). The lowest BCUT2D eigenvalue weighted by Gasteiger charge is -1.97. The van der Waals surface area contributed by atoms with E-state index in [-0.39, 0.29) is 11.8 Å². The van der Waals surface area contributed by atoms with E-state index in [1.54, 1.807) is 6.92 Å². The van der Waals surface area contributed by atoms with Crippen molar-refractivity contribution < 1.29 is 9.94 Å². The van der Waals surface area contributed by atoms with Gasteiger partial charge in [0.1, 0.15) is 5.88 Å². The Balaban J connectivity index is 3.38. The lowest BCUT2D eigenvalue weighted by Crippen LogP contribution is -2.05. The van der Waals surface area contributed by atoms with Crippen LogP contribution in [-0.2, 0) is 4.74 Å². The Labute approximate surface area is 52.9 Å². The van der Waals surface area contributed by atoms with Gasteiger partial charge in [0.15, 0.2) is 0 Å². The fourth-order valence-electron chi connectivity index (χ4n) is 0.261. The number of ether oxygens (including phenoxy) is 1. The molecule has 0 atom stereocenters. The molecule has 0 unspecified atom stereocenters. The standard InChI is InChI=1S/C4H8ClNO2/c1-2-8-4(3-5)6-7/h7H,2-3H2,1H3. The van der Waals surface area contributed by atoms with E-state index in [1.165, 1.54) is 0 Å². The molecule has 0 radical (unpaired) electrons. The van der Waals surface area contributed by atoms with E-state index in [9.17, 15) is 0 Å². The summed E-state index contributed by atoms with van der Waals surface area (Å²) in [4.78, 5) is 0. The molecule has 0 spiro atoms. The summed E-state index contributed by atoms with van der Waals surface area (Å²) in [5.74, 6) is 0.277. The van der Waals surface area contributed by atoms with Crippen LogP contribution in [0.25, 0.3) is 0 Å². The van der Waals surface area contributed by atoms with Crippen LogP contribution in [0.5, 0.6) is 0 Å². The fraction of sp³-hybridized carbons (Fsp3) is 0.750. The first-order valence-corrected chi connectivity index (χ1v) is 2.78. The summed E-state index contributed by atoms with van der Waals surface area (Å²) in [7, 11) is 0. The Bertz CT molecular complexity index is 84.1. The van der Waals surface area contributed by atoms with E-state index in [0.29, 0.717) is 6.61 Å². The van der Waals surface area contributed by atoms with Gasteiger partial charge >= 0.3 is 0 Å². The lowest BCUT2D eigenvalue weighted by molar-refractivity contribution is 0.263. The predicted molar refractivity (Wildman–Crippen MR) is 31.6 cm³/mol. The minimum atomic E-state index is 0.115. The Morgan fingerprint density at radius 3 is 2.62 bits per heavy atom. The summed E-state index contributed by atoms with van der Waals surface area (Å²) in [6.07, 6.45) is 0. The molecule has 8 heavy (non-hydrogen) atoms. The summed E-state index contributed by atoms with van der Waals surface area (Å²) < 4.78 is 4.71. The number of rotatable bonds is 2. The van der Waals surface area contributed by atoms with Crippen molar-refractivity contribution in [1.82, 2.24) is 0 Å². The molecule has 0 aliphatic carbocycles. The average Bonchev–Trinajstić information content (AvgIpc) is 1.83. The third-order valence-corrected chi connectivity index (χ3v) is 0.765. The van der Waals surface area contributed by atoms with Crippen molar-refractivity contribution in [2.75, 3.05) is 12.5 Å². The summed E-state index contributed by atoms with van der Waals surface area (Å²) in [5.41, 5.74) is 0. The zero-order valence-electron chi connectivity index (χ0n) is 4.59. The van der Waals surface area contributed by atoms with Gasteiger partial charge in [-0.25, -0.2) is 0 Å². The van der Waals surface area contributed by atoms with Crippen LogP contribution in [-0.4, -0.2) is 23.6 Å². The minimum Gasteiger partial charge on any atom is -0.478 e. The van der Waals surface area contributed by atoms with E-state index in [1.807, 2.05) is 0 Å². The molecule has 0 aliphatic rings. The third-order valence-electron chi connectivity index (χ3n) is 0.537. The van der Waals surface area contributed by atoms with Crippen molar-refractivity contribution in [1.29, 1.82) is 0 Å². The number of nitrogens with zero attached hydrogens (tertiary/aromatic N) is 1. The smallest absolute Gasteiger partial charge is 0.240 e. The maximum Gasteiger partial charge on any atom is 0.240 e. The molecule has 48 valence electrons. The molecular weight excluding hydrogens is 130 g/mol. The van der Waals surface area contributed by atoms with Crippen LogP contribution in [0.1, 0.15) is 6.92 Å². The number of oxime groups is 1. The molecule has 3 nitrogen and oxygen atoms in total. The molecule has 0 saturated heterocycles. The minimum absolute atomic E-state index is 0.115. The molecule has 0 heterocycles. The van der Waals surface area contributed by atoms with Crippen molar-refractivity contribution in [2.24, 2.45) is 5.16 Å². The monoisotopic (exact) mass is 137 g/mol. The van der Waals surface area contributed by atoms with Crippen LogP contribution in [0.3, 0.4) is 0 Å².